The summed E-state index contributed by atoms with van der Waals surface area (Å²) in [7, 11) is -4.18. The lowest BCUT2D eigenvalue weighted by molar-refractivity contribution is 0.256. The number of aromatic amines is 1. The molecule has 15 heteroatoms. The van der Waals surface area contributed by atoms with Crippen LogP contribution in [0.4, 0.5) is 14.9 Å². The zero-order valence-electron chi connectivity index (χ0n) is 18.5. The highest BCUT2D eigenvalue weighted by Crippen LogP contribution is 2.25. The Hall–Kier alpha value is -4.01. The van der Waals surface area contributed by atoms with Crippen LogP contribution in [0.2, 0.25) is 4.34 Å². The van der Waals surface area contributed by atoms with Gasteiger partial charge in [0.2, 0.25) is 0 Å². The number of amidine groups is 1. The van der Waals surface area contributed by atoms with E-state index in [4.69, 9.17) is 11.6 Å². The van der Waals surface area contributed by atoms with Crippen molar-refractivity contribution in [3.8, 4) is 5.69 Å². The number of halogens is 2. The number of carbonyl (C=O) groups excluding carboxylic acids is 1. The molecule has 1 aliphatic rings. The minimum absolute atomic E-state index is 0.113. The predicted molar refractivity (Wildman–Crippen MR) is 138 cm³/mol. The van der Waals surface area contributed by atoms with E-state index >= 15 is 0 Å². The quantitative estimate of drug-likeness (QED) is 0.293. The van der Waals surface area contributed by atoms with E-state index in [0.29, 0.717) is 29.1 Å². The van der Waals surface area contributed by atoms with Gasteiger partial charge in [-0.05, 0) is 42.5 Å². The van der Waals surface area contributed by atoms with Gasteiger partial charge in [0.1, 0.15) is 15.9 Å². The van der Waals surface area contributed by atoms with Crippen molar-refractivity contribution in [1.29, 1.82) is 0 Å². The lowest BCUT2D eigenvalue weighted by Gasteiger charge is -2.11. The molecule has 2 aromatic carbocycles. The SMILES string of the molecule is O=C(Nc1ccc(-n2c(=O)[nH]c3cc(C4=NCCN4)ccc3c2=O)c(F)c1)NS(=O)(=O)c1ccc(Cl)s1. The molecule has 0 fully saturated rings. The van der Waals surface area contributed by atoms with Crippen LogP contribution in [0.15, 0.2) is 67.3 Å². The number of rotatable bonds is 5. The lowest BCUT2D eigenvalue weighted by Crippen LogP contribution is -2.35. The zero-order chi connectivity index (χ0) is 26.3. The summed E-state index contributed by atoms with van der Waals surface area (Å²) in [5.41, 5.74) is -1.12. The first kappa shape index (κ1) is 24.7. The number of H-pyrrole nitrogens is 1. The minimum atomic E-state index is -4.18. The molecule has 1 aliphatic heterocycles. The third-order valence-electron chi connectivity index (χ3n) is 5.33. The van der Waals surface area contributed by atoms with Gasteiger partial charge in [0.05, 0.1) is 27.5 Å². The van der Waals surface area contributed by atoms with Crippen molar-refractivity contribution in [2.75, 3.05) is 18.4 Å². The van der Waals surface area contributed by atoms with Crippen LogP contribution < -0.4 is 26.6 Å². The maximum absolute atomic E-state index is 15.0. The number of urea groups is 1. The molecule has 0 aliphatic carbocycles. The Morgan fingerprint density at radius 1 is 1.14 bits per heavy atom. The van der Waals surface area contributed by atoms with Crippen LogP contribution in [-0.2, 0) is 10.0 Å². The van der Waals surface area contributed by atoms with Gasteiger partial charge < -0.3 is 15.6 Å². The molecule has 3 heterocycles. The minimum Gasteiger partial charge on any atom is -0.368 e. The van der Waals surface area contributed by atoms with Crippen LogP contribution in [0.3, 0.4) is 0 Å². The highest BCUT2D eigenvalue weighted by Gasteiger charge is 2.21. The van der Waals surface area contributed by atoms with Crippen LogP contribution in [0.1, 0.15) is 5.56 Å². The van der Waals surface area contributed by atoms with Crippen molar-refractivity contribution < 1.29 is 17.6 Å². The molecule has 190 valence electrons. The van der Waals surface area contributed by atoms with Crippen molar-refractivity contribution in [2.45, 2.75) is 4.21 Å². The fourth-order valence-corrected chi connectivity index (χ4v) is 6.10. The molecule has 0 spiro atoms. The molecule has 0 radical (unpaired) electrons. The number of aromatic nitrogens is 2. The number of sulfonamides is 1. The molecule has 2 aromatic heterocycles. The summed E-state index contributed by atoms with van der Waals surface area (Å²) in [6.45, 7) is 1.31. The summed E-state index contributed by atoms with van der Waals surface area (Å²) in [5.74, 6) is -0.351. The number of fused-ring (bicyclic) bond motifs is 1. The van der Waals surface area contributed by atoms with Crippen molar-refractivity contribution in [3.05, 3.63) is 85.1 Å². The molecular formula is C22H16ClFN6O5S2. The third kappa shape index (κ3) is 4.85. The number of hydrogen-bond acceptors (Lipinski definition) is 8. The molecule has 5 rings (SSSR count). The van der Waals surface area contributed by atoms with Crippen molar-refractivity contribution in [2.24, 2.45) is 4.99 Å². The van der Waals surface area contributed by atoms with E-state index in [0.717, 1.165) is 23.5 Å². The van der Waals surface area contributed by atoms with Crippen molar-refractivity contribution >= 4 is 61.4 Å². The molecule has 0 saturated carbocycles. The van der Waals surface area contributed by atoms with Gasteiger partial charge in [-0.25, -0.2) is 31.7 Å². The van der Waals surface area contributed by atoms with Crippen molar-refractivity contribution in [1.82, 2.24) is 19.6 Å². The molecule has 0 bridgehead atoms. The molecule has 0 saturated heterocycles. The average molecular weight is 563 g/mol. The van der Waals surface area contributed by atoms with Crippen LogP contribution in [0.5, 0.6) is 0 Å². The highest BCUT2D eigenvalue weighted by atomic mass is 35.5. The Bertz CT molecular complexity index is 1830. The molecule has 37 heavy (non-hydrogen) atoms. The average Bonchev–Trinajstić information content (AvgIpc) is 3.52. The molecule has 2 amide bonds. The molecule has 0 atom stereocenters. The molecular weight excluding hydrogens is 547 g/mol. The van der Waals surface area contributed by atoms with Gasteiger partial charge in [-0.2, -0.15) is 0 Å². The predicted octanol–water partition coefficient (Wildman–Crippen LogP) is 2.39. The van der Waals surface area contributed by atoms with E-state index in [1.54, 1.807) is 16.9 Å². The van der Waals surface area contributed by atoms with E-state index in [1.165, 1.54) is 24.3 Å². The van der Waals surface area contributed by atoms with Crippen molar-refractivity contribution in [3.63, 3.8) is 0 Å². The van der Waals surface area contributed by atoms with Gasteiger partial charge in [-0.3, -0.25) is 9.79 Å². The van der Waals surface area contributed by atoms with Gasteiger partial charge in [-0.1, -0.05) is 17.7 Å². The number of carbonyl (C=O) groups is 1. The topological polar surface area (TPSA) is 155 Å². The first-order valence-electron chi connectivity index (χ1n) is 10.6. The first-order valence-corrected chi connectivity index (χ1v) is 13.3. The first-order chi connectivity index (χ1) is 17.6. The van der Waals surface area contributed by atoms with E-state index < -0.39 is 33.1 Å². The van der Waals surface area contributed by atoms with Gasteiger partial charge in [0.25, 0.3) is 15.6 Å². The van der Waals surface area contributed by atoms with Crippen LogP contribution in [0, 0.1) is 5.82 Å². The van der Waals surface area contributed by atoms with Gasteiger partial charge in [0, 0.05) is 17.8 Å². The maximum atomic E-state index is 15.0. The number of anilines is 1. The van der Waals surface area contributed by atoms with E-state index in [-0.39, 0.29) is 30.8 Å². The number of benzene rings is 2. The van der Waals surface area contributed by atoms with Crippen LogP contribution in [-0.4, -0.2) is 42.9 Å². The van der Waals surface area contributed by atoms with Gasteiger partial charge >= 0.3 is 11.7 Å². The molecule has 0 unspecified atom stereocenters. The number of thiophene rings is 1. The van der Waals surface area contributed by atoms with E-state index in [1.807, 2.05) is 0 Å². The summed E-state index contributed by atoms with van der Waals surface area (Å²) >= 11 is 6.49. The van der Waals surface area contributed by atoms with Crippen LogP contribution in [0.25, 0.3) is 16.6 Å². The second kappa shape index (κ2) is 9.46. The number of nitrogens with one attached hydrogen (secondary N) is 4. The standard InChI is InChI=1S/C22H16ClFN6O5S2/c23-17-5-6-18(36-17)37(34,35)29-21(32)27-12-2-4-16(14(24)10-12)30-20(31)13-3-1-11(19-25-7-8-26-19)9-15(13)28-22(30)33/h1-6,9-10H,7-8H2,(H,25,26)(H,28,33)(H2,27,29,32). The van der Waals surface area contributed by atoms with Gasteiger partial charge in [0.15, 0.2) is 0 Å². The fourth-order valence-electron chi connectivity index (χ4n) is 3.71. The molecule has 11 nitrogen and oxygen atoms in total. The number of nitrogens with zero attached hydrogens (tertiary/aromatic N) is 2. The number of amides is 2. The Balaban J connectivity index is 1.41. The Labute approximate surface area is 216 Å². The summed E-state index contributed by atoms with van der Waals surface area (Å²) in [5, 5.41) is 5.46. The normalized spacial score (nSPS) is 13.3. The summed E-state index contributed by atoms with van der Waals surface area (Å²) in [4.78, 5) is 44.9. The Morgan fingerprint density at radius 2 is 1.95 bits per heavy atom. The number of hydrogen-bond donors (Lipinski definition) is 4. The fraction of sp³-hybridized carbons (Fsp3) is 0.0909. The second-order valence-corrected chi connectivity index (χ2v) is 11.4. The second-order valence-electron chi connectivity index (χ2n) is 7.77. The lowest BCUT2D eigenvalue weighted by atomic mass is 10.1. The Morgan fingerprint density at radius 3 is 2.62 bits per heavy atom. The highest BCUT2D eigenvalue weighted by molar-refractivity contribution is 7.92. The largest absolute Gasteiger partial charge is 0.368 e. The third-order valence-corrected chi connectivity index (χ3v) is 8.39. The summed E-state index contributed by atoms with van der Waals surface area (Å²) < 4.78 is 42.0. The van der Waals surface area contributed by atoms with Gasteiger partial charge in [-0.15, -0.1) is 11.3 Å². The number of aliphatic imine (C=N–C) groups is 1. The smallest absolute Gasteiger partial charge is 0.333 e. The monoisotopic (exact) mass is 562 g/mol. The molecule has 4 N–H and O–H groups in total. The zero-order valence-corrected chi connectivity index (χ0v) is 20.9. The summed E-state index contributed by atoms with van der Waals surface area (Å²) in [6, 6.07) is 9.44. The van der Waals surface area contributed by atoms with Crippen LogP contribution >= 0.6 is 22.9 Å². The van der Waals surface area contributed by atoms with E-state index in [9.17, 15) is 27.2 Å². The Kier molecular flexibility index (Phi) is 6.31. The molecule has 4 aromatic rings. The maximum Gasteiger partial charge on any atom is 0.333 e. The van der Waals surface area contributed by atoms with E-state index in [2.05, 4.69) is 20.6 Å². The summed E-state index contributed by atoms with van der Waals surface area (Å²) in [6.07, 6.45) is 0.